The molecule has 0 aliphatic heterocycles. The molecule has 6 rings (SSSR count). The summed E-state index contributed by atoms with van der Waals surface area (Å²) in [5.41, 5.74) is 4.46. The zero-order valence-corrected chi connectivity index (χ0v) is 23.5. The average molecular weight is 494 g/mol. The van der Waals surface area contributed by atoms with E-state index in [1.807, 2.05) is 0 Å². The number of hydrogen-bond acceptors (Lipinski definition) is 2. The molecule has 0 bridgehead atoms. The van der Waals surface area contributed by atoms with E-state index >= 15 is 0 Å². The summed E-state index contributed by atoms with van der Waals surface area (Å²) in [5.74, 6) is 4.25. The molecule has 6 aliphatic carbocycles. The minimum Gasteiger partial charge on any atom is -0.481 e. The van der Waals surface area contributed by atoms with Crippen molar-refractivity contribution in [1.29, 1.82) is 0 Å². The minimum atomic E-state index is -0.617. The van der Waals surface area contributed by atoms with Crippen molar-refractivity contribution in [3.63, 3.8) is 0 Å². The van der Waals surface area contributed by atoms with Crippen LogP contribution in [-0.2, 0) is 4.79 Å². The van der Waals surface area contributed by atoms with Crippen LogP contribution < -0.4 is 5.32 Å². The van der Waals surface area contributed by atoms with Gasteiger partial charge in [0.05, 0.1) is 5.92 Å². The van der Waals surface area contributed by atoms with Crippen molar-refractivity contribution < 1.29 is 9.90 Å². The maximum atomic E-state index is 11.5. The number of carboxylic acids is 1. The average Bonchev–Trinajstić information content (AvgIpc) is 3.28. The zero-order chi connectivity index (χ0) is 25.3. The molecule has 0 spiro atoms. The Morgan fingerprint density at radius 2 is 1.78 bits per heavy atom. The first-order valence-corrected chi connectivity index (χ1v) is 15.6. The molecule has 2 N–H and O–H groups in total. The minimum absolute atomic E-state index is 0.175. The second-order valence-electron chi connectivity index (χ2n) is 14.5. The molecule has 10 unspecified atom stereocenters. The van der Waals surface area contributed by atoms with Crippen LogP contribution in [0.5, 0.6) is 0 Å². The van der Waals surface area contributed by atoms with Gasteiger partial charge >= 0.3 is 5.97 Å². The van der Waals surface area contributed by atoms with Crippen molar-refractivity contribution in [3.05, 3.63) is 23.3 Å². The summed E-state index contributed by atoms with van der Waals surface area (Å²) in [5, 5.41) is 13.5. The summed E-state index contributed by atoms with van der Waals surface area (Å²) in [7, 11) is 0. The highest BCUT2D eigenvalue weighted by atomic mass is 16.4. The highest BCUT2D eigenvalue weighted by Crippen LogP contribution is 2.70. The Morgan fingerprint density at radius 3 is 2.50 bits per heavy atom. The SMILES string of the molecule is CCNC12CCCC1C1CCC3C4(C)CC=C(C5=CCC(C(=O)O)CC5)C(C)C4CCC3(C)C1CC2. The Labute approximate surface area is 220 Å². The second kappa shape index (κ2) is 8.99. The van der Waals surface area contributed by atoms with Crippen LogP contribution in [-0.4, -0.2) is 23.2 Å². The molecule has 0 amide bonds. The number of aliphatic carboxylic acids is 1. The number of allylic oxidation sites excluding steroid dienone is 4. The van der Waals surface area contributed by atoms with Crippen molar-refractivity contribution in [2.75, 3.05) is 6.54 Å². The predicted molar refractivity (Wildman–Crippen MR) is 147 cm³/mol. The van der Waals surface area contributed by atoms with Crippen LogP contribution in [0.15, 0.2) is 23.3 Å². The van der Waals surface area contributed by atoms with Crippen LogP contribution in [0, 0.1) is 52.3 Å². The fraction of sp³-hybridized carbons (Fsp3) is 0.848. The molecule has 0 radical (unpaired) electrons. The molecule has 200 valence electrons. The van der Waals surface area contributed by atoms with Gasteiger partial charge in [-0.2, -0.15) is 0 Å². The molecule has 0 aromatic heterocycles. The summed E-state index contributed by atoms with van der Waals surface area (Å²) in [6, 6.07) is 0. The van der Waals surface area contributed by atoms with Crippen LogP contribution >= 0.6 is 0 Å². The number of hydrogen-bond donors (Lipinski definition) is 2. The number of carboxylic acid groups (broad SMARTS) is 1. The lowest BCUT2D eigenvalue weighted by molar-refractivity contribution is -0.166. The quantitative estimate of drug-likeness (QED) is 0.420. The Morgan fingerprint density at radius 1 is 0.972 bits per heavy atom. The van der Waals surface area contributed by atoms with E-state index in [1.54, 1.807) is 5.57 Å². The molecule has 0 heterocycles. The molecule has 0 aromatic rings. The van der Waals surface area contributed by atoms with Gasteiger partial charge in [-0.3, -0.25) is 4.79 Å². The van der Waals surface area contributed by atoms with Gasteiger partial charge in [-0.1, -0.05) is 46.3 Å². The maximum absolute atomic E-state index is 11.5. The first-order valence-electron chi connectivity index (χ1n) is 15.6. The Hall–Kier alpha value is -1.09. The molecule has 0 aromatic carbocycles. The van der Waals surface area contributed by atoms with Crippen LogP contribution in [0.3, 0.4) is 0 Å². The van der Waals surface area contributed by atoms with E-state index in [2.05, 4.69) is 45.2 Å². The zero-order valence-electron chi connectivity index (χ0n) is 23.5. The Bertz CT molecular complexity index is 951. The smallest absolute Gasteiger partial charge is 0.306 e. The van der Waals surface area contributed by atoms with Crippen molar-refractivity contribution >= 4 is 5.97 Å². The van der Waals surface area contributed by atoms with Gasteiger partial charge in [0.1, 0.15) is 0 Å². The third-order valence-electron chi connectivity index (χ3n) is 13.4. The van der Waals surface area contributed by atoms with E-state index in [9.17, 15) is 9.90 Å². The van der Waals surface area contributed by atoms with Crippen LogP contribution in [0.4, 0.5) is 0 Å². The highest BCUT2D eigenvalue weighted by Gasteiger charge is 2.64. The fourth-order valence-electron chi connectivity index (χ4n) is 11.9. The van der Waals surface area contributed by atoms with E-state index in [0.717, 1.165) is 55.4 Å². The van der Waals surface area contributed by atoms with Crippen LogP contribution in [0.25, 0.3) is 0 Å². The van der Waals surface area contributed by atoms with E-state index < -0.39 is 5.97 Å². The third kappa shape index (κ3) is 3.57. The van der Waals surface area contributed by atoms with Gasteiger partial charge in [0.15, 0.2) is 0 Å². The van der Waals surface area contributed by atoms with Crippen LogP contribution in [0.1, 0.15) is 111 Å². The van der Waals surface area contributed by atoms with Gasteiger partial charge in [-0.05, 0) is 141 Å². The molecule has 10 atom stereocenters. The van der Waals surface area contributed by atoms with Gasteiger partial charge in [0.2, 0.25) is 0 Å². The van der Waals surface area contributed by atoms with Gasteiger partial charge in [0.25, 0.3) is 0 Å². The highest BCUT2D eigenvalue weighted by molar-refractivity contribution is 5.70. The van der Waals surface area contributed by atoms with Crippen molar-refractivity contribution in [3.8, 4) is 0 Å². The topological polar surface area (TPSA) is 49.3 Å². The van der Waals surface area contributed by atoms with Gasteiger partial charge in [0, 0.05) is 5.54 Å². The predicted octanol–water partition coefficient (Wildman–Crippen LogP) is 7.77. The lowest BCUT2D eigenvalue weighted by Crippen LogP contribution is -2.62. The van der Waals surface area contributed by atoms with E-state index in [4.69, 9.17) is 0 Å². The number of rotatable bonds is 4. The number of fused-ring (bicyclic) bond motifs is 7. The molecular weight excluding hydrogens is 442 g/mol. The van der Waals surface area contributed by atoms with E-state index in [0.29, 0.717) is 22.3 Å². The lowest BCUT2D eigenvalue weighted by atomic mass is 9.38. The number of carbonyl (C=O) groups is 1. The monoisotopic (exact) mass is 493 g/mol. The van der Waals surface area contributed by atoms with E-state index in [-0.39, 0.29) is 5.92 Å². The molecule has 0 saturated heterocycles. The van der Waals surface area contributed by atoms with Crippen molar-refractivity contribution in [2.45, 2.75) is 117 Å². The van der Waals surface area contributed by atoms with Crippen LogP contribution in [0.2, 0.25) is 0 Å². The molecule has 36 heavy (non-hydrogen) atoms. The standard InChI is InChI=1S/C33H51NO2/c1-5-34-33-17-6-7-28(33)25-12-13-29-31(3)18-14-24(22-8-10-23(11-9-22)30(35)36)21(2)26(31)15-19-32(29,4)27(25)16-20-33/h8,14,21,23,25-29,34H,5-7,9-13,15-20H2,1-4H3,(H,35,36). The van der Waals surface area contributed by atoms with Gasteiger partial charge < -0.3 is 10.4 Å². The first-order chi connectivity index (χ1) is 17.2. The summed E-state index contributed by atoms with van der Waals surface area (Å²) >= 11 is 0. The fourth-order valence-corrected chi connectivity index (χ4v) is 11.9. The molecule has 3 nitrogen and oxygen atoms in total. The normalized spacial score (nSPS) is 50.2. The second-order valence-corrected chi connectivity index (χ2v) is 14.5. The van der Waals surface area contributed by atoms with Gasteiger partial charge in [-0.25, -0.2) is 0 Å². The molecule has 6 aliphatic rings. The largest absolute Gasteiger partial charge is 0.481 e. The molecule has 4 fully saturated rings. The van der Waals surface area contributed by atoms with E-state index in [1.165, 1.54) is 69.8 Å². The van der Waals surface area contributed by atoms with Gasteiger partial charge in [-0.15, -0.1) is 0 Å². The van der Waals surface area contributed by atoms with Crippen molar-refractivity contribution in [2.24, 2.45) is 52.3 Å². The molecule has 4 saturated carbocycles. The summed E-state index contributed by atoms with van der Waals surface area (Å²) in [4.78, 5) is 11.5. The third-order valence-corrected chi connectivity index (χ3v) is 13.4. The van der Waals surface area contributed by atoms with Crippen molar-refractivity contribution in [1.82, 2.24) is 5.32 Å². The number of nitrogens with one attached hydrogen (secondary N) is 1. The maximum Gasteiger partial charge on any atom is 0.306 e. The molecular formula is C33H51NO2. The lowest BCUT2D eigenvalue weighted by Gasteiger charge is -2.67. The Kier molecular flexibility index (Phi) is 6.29. The first kappa shape index (κ1) is 25.2. The molecule has 3 heteroatoms. The summed E-state index contributed by atoms with van der Waals surface area (Å²) < 4.78 is 0. The summed E-state index contributed by atoms with van der Waals surface area (Å²) in [6.45, 7) is 11.4. The Balaban J connectivity index is 1.25. The summed E-state index contributed by atoms with van der Waals surface area (Å²) in [6.07, 6.45) is 21.6.